The van der Waals surface area contributed by atoms with Crippen molar-refractivity contribution in [3.63, 3.8) is 0 Å². The first-order valence-electron chi connectivity index (χ1n) is 7.17. The number of amides is 1. The minimum absolute atomic E-state index is 0.0136. The fourth-order valence-electron chi connectivity index (χ4n) is 2.24. The highest BCUT2D eigenvalue weighted by atomic mass is 32.1. The fraction of sp³-hybridized carbons (Fsp3) is 0.111. The number of carbonyl (C=O) groups excluding carboxylic acids is 1. The van der Waals surface area contributed by atoms with Crippen molar-refractivity contribution in [2.45, 2.75) is 13.3 Å². The standard InChI is InChI=1S/C18H15FN2OS/c1-12-20-17(11-23-12)13-6-8-15(9-7-13)21-18(22)10-14-4-2-3-5-16(14)19/h2-9,11H,10H2,1H3,(H,21,22). The van der Waals surface area contributed by atoms with Crippen molar-refractivity contribution in [3.05, 3.63) is 70.3 Å². The molecule has 3 aromatic rings. The number of hydrogen-bond acceptors (Lipinski definition) is 3. The van der Waals surface area contributed by atoms with Crippen LogP contribution in [0.5, 0.6) is 0 Å². The van der Waals surface area contributed by atoms with Crippen LogP contribution in [0.25, 0.3) is 11.3 Å². The summed E-state index contributed by atoms with van der Waals surface area (Å²) in [6.07, 6.45) is 0.0136. The number of halogens is 1. The predicted molar refractivity (Wildman–Crippen MR) is 91.0 cm³/mol. The lowest BCUT2D eigenvalue weighted by Gasteiger charge is -2.07. The van der Waals surface area contributed by atoms with E-state index in [1.807, 2.05) is 36.6 Å². The van der Waals surface area contributed by atoms with E-state index in [2.05, 4.69) is 10.3 Å². The molecule has 0 saturated carbocycles. The fourth-order valence-corrected chi connectivity index (χ4v) is 2.86. The molecule has 1 amide bonds. The largest absolute Gasteiger partial charge is 0.326 e. The summed E-state index contributed by atoms with van der Waals surface area (Å²) >= 11 is 1.60. The molecule has 0 atom stereocenters. The summed E-state index contributed by atoms with van der Waals surface area (Å²) in [6, 6.07) is 13.8. The molecule has 0 radical (unpaired) electrons. The molecule has 3 nitrogen and oxygen atoms in total. The highest BCUT2D eigenvalue weighted by Crippen LogP contribution is 2.23. The van der Waals surface area contributed by atoms with Crippen molar-refractivity contribution in [2.75, 3.05) is 5.32 Å². The summed E-state index contributed by atoms with van der Waals surface area (Å²) in [4.78, 5) is 16.4. The molecule has 3 rings (SSSR count). The number of benzene rings is 2. The van der Waals surface area contributed by atoms with Crippen LogP contribution in [0.3, 0.4) is 0 Å². The topological polar surface area (TPSA) is 42.0 Å². The maximum atomic E-state index is 13.5. The first-order valence-corrected chi connectivity index (χ1v) is 8.05. The highest BCUT2D eigenvalue weighted by Gasteiger charge is 2.08. The van der Waals surface area contributed by atoms with Crippen LogP contribution in [0.4, 0.5) is 10.1 Å². The van der Waals surface area contributed by atoms with E-state index < -0.39 is 0 Å². The Morgan fingerprint density at radius 1 is 1.17 bits per heavy atom. The van der Waals surface area contributed by atoms with Gasteiger partial charge in [0.1, 0.15) is 5.82 Å². The molecule has 1 N–H and O–H groups in total. The van der Waals surface area contributed by atoms with Gasteiger partial charge in [-0.15, -0.1) is 11.3 Å². The zero-order valence-electron chi connectivity index (χ0n) is 12.5. The summed E-state index contributed by atoms with van der Waals surface area (Å²) in [7, 11) is 0. The Balaban J connectivity index is 1.66. The first kappa shape index (κ1) is 15.4. The van der Waals surface area contributed by atoms with Gasteiger partial charge in [0.2, 0.25) is 5.91 Å². The number of aryl methyl sites for hydroxylation is 1. The van der Waals surface area contributed by atoms with Crippen LogP contribution in [0.1, 0.15) is 10.6 Å². The normalized spacial score (nSPS) is 10.5. The molecule has 5 heteroatoms. The minimum Gasteiger partial charge on any atom is -0.326 e. The zero-order valence-corrected chi connectivity index (χ0v) is 13.4. The average Bonchev–Trinajstić information content (AvgIpc) is 2.97. The molecule has 0 bridgehead atoms. The molecule has 23 heavy (non-hydrogen) atoms. The van der Waals surface area contributed by atoms with Gasteiger partial charge in [0, 0.05) is 16.6 Å². The summed E-state index contributed by atoms with van der Waals surface area (Å²) in [5, 5.41) is 5.80. The van der Waals surface area contributed by atoms with E-state index in [9.17, 15) is 9.18 Å². The molecule has 116 valence electrons. The number of aromatic nitrogens is 1. The van der Waals surface area contributed by atoms with Crippen molar-refractivity contribution < 1.29 is 9.18 Å². The number of rotatable bonds is 4. The lowest BCUT2D eigenvalue weighted by Crippen LogP contribution is -2.15. The van der Waals surface area contributed by atoms with Gasteiger partial charge in [-0.05, 0) is 30.7 Å². The maximum absolute atomic E-state index is 13.5. The van der Waals surface area contributed by atoms with Gasteiger partial charge in [0.05, 0.1) is 17.1 Å². The third-order valence-corrected chi connectivity index (χ3v) is 4.17. The number of carbonyl (C=O) groups is 1. The van der Waals surface area contributed by atoms with E-state index in [4.69, 9.17) is 0 Å². The molecule has 0 saturated heterocycles. The van der Waals surface area contributed by atoms with E-state index in [1.165, 1.54) is 6.07 Å². The Bertz CT molecular complexity index is 827. The SMILES string of the molecule is Cc1nc(-c2ccc(NC(=O)Cc3ccccc3F)cc2)cs1. The van der Waals surface area contributed by atoms with Gasteiger partial charge in [0.25, 0.3) is 0 Å². The Hall–Kier alpha value is -2.53. The molecule has 1 heterocycles. The molecular formula is C18H15FN2OS. The van der Waals surface area contributed by atoms with Gasteiger partial charge in [-0.25, -0.2) is 9.37 Å². The van der Waals surface area contributed by atoms with Crippen molar-refractivity contribution in [1.29, 1.82) is 0 Å². The van der Waals surface area contributed by atoms with Gasteiger partial charge >= 0.3 is 0 Å². The van der Waals surface area contributed by atoms with Crippen LogP contribution in [0.2, 0.25) is 0 Å². The number of nitrogens with one attached hydrogen (secondary N) is 1. The van der Waals surface area contributed by atoms with Crippen LogP contribution in [0, 0.1) is 12.7 Å². The van der Waals surface area contributed by atoms with Gasteiger partial charge < -0.3 is 5.32 Å². The van der Waals surface area contributed by atoms with Crippen LogP contribution in [-0.2, 0) is 11.2 Å². The predicted octanol–water partition coefficient (Wildman–Crippen LogP) is 4.44. The Labute approximate surface area is 137 Å². The van der Waals surface area contributed by atoms with Crippen LogP contribution in [0.15, 0.2) is 53.9 Å². The Morgan fingerprint density at radius 2 is 1.91 bits per heavy atom. The lowest BCUT2D eigenvalue weighted by molar-refractivity contribution is -0.115. The van der Waals surface area contributed by atoms with E-state index in [0.717, 1.165) is 16.3 Å². The minimum atomic E-state index is -0.364. The van der Waals surface area contributed by atoms with E-state index in [0.29, 0.717) is 11.3 Å². The molecular weight excluding hydrogens is 311 g/mol. The molecule has 0 spiro atoms. The summed E-state index contributed by atoms with van der Waals surface area (Å²) in [5.74, 6) is -0.607. The summed E-state index contributed by atoms with van der Waals surface area (Å²) in [5.41, 5.74) is 3.00. The van der Waals surface area contributed by atoms with Gasteiger partial charge in [-0.1, -0.05) is 30.3 Å². The molecule has 0 aliphatic heterocycles. The second-order valence-electron chi connectivity index (χ2n) is 5.15. The average molecular weight is 326 g/mol. The Morgan fingerprint density at radius 3 is 2.57 bits per heavy atom. The molecule has 0 aliphatic rings. The highest BCUT2D eigenvalue weighted by molar-refractivity contribution is 7.09. The third kappa shape index (κ3) is 3.81. The maximum Gasteiger partial charge on any atom is 0.228 e. The van der Waals surface area contributed by atoms with E-state index in [1.54, 1.807) is 29.5 Å². The van der Waals surface area contributed by atoms with Crippen molar-refractivity contribution >= 4 is 22.9 Å². The summed E-state index contributed by atoms with van der Waals surface area (Å²) in [6.45, 7) is 1.96. The zero-order chi connectivity index (χ0) is 16.2. The molecule has 2 aromatic carbocycles. The van der Waals surface area contributed by atoms with Crippen LogP contribution in [-0.4, -0.2) is 10.9 Å². The van der Waals surface area contributed by atoms with Crippen LogP contribution >= 0.6 is 11.3 Å². The van der Waals surface area contributed by atoms with Crippen molar-refractivity contribution in [2.24, 2.45) is 0 Å². The summed E-state index contributed by atoms with van der Waals surface area (Å²) < 4.78 is 13.5. The third-order valence-electron chi connectivity index (χ3n) is 3.39. The number of nitrogens with zero attached hydrogens (tertiary/aromatic N) is 1. The van der Waals surface area contributed by atoms with Gasteiger partial charge in [-0.3, -0.25) is 4.79 Å². The van der Waals surface area contributed by atoms with E-state index in [-0.39, 0.29) is 18.1 Å². The van der Waals surface area contributed by atoms with Gasteiger partial charge in [0.15, 0.2) is 0 Å². The smallest absolute Gasteiger partial charge is 0.228 e. The molecule has 1 aromatic heterocycles. The van der Waals surface area contributed by atoms with Gasteiger partial charge in [-0.2, -0.15) is 0 Å². The first-order chi connectivity index (χ1) is 11.1. The lowest BCUT2D eigenvalue weighted by atomic mass is 10.1. The molecule has 0 unspecified atom stereocenters. The quantitative estimate of drug-likeness (QED) is 0.770. The van der Waals surface area contributed by atoms with Crippen molar-refractivity contribution in [1.82, 2.24) is 4.98 Å². The molecule has 0 fully saturated rings. The second kappa shape index (κ2) is 6.71. The second-order valence-corrected chi connectivity index (χ2v) is 6.21. The number of thiazole rings is 1. The van der Waals surface area contributed by atoms with E-state index >= 15 is 0 Å². The molecule has 0 aliphatic carbocycles. The Kier molecular flexibility index (Phi) is 4.48. The number of hydrogen-bond donors (Lipinski definition) is 1. The van der Waals surface area contributed by atoms with Crippen LogP contribution < -0.4 is 5.32 Å². The number of anilines is 1. The van der Waals surface area contributed by atoms with Crippen molar-refractivity contribution in [3.8, 4) is 11.3 Å². The monoisotopic (exact) mass is 326 g/mol.